The molecule has 3 aromatic heterocycles. The molecule has 1 N–H and O–H groups in total. The van der Waals surface area contributed by atoms with Gasteiger partial charge in [0.05, 0.1) is 7.11 Å². The van der Waals surface area contributed by atoms with E-state index in [9.17, 15) is 9.59 Å². The zero-order valence-corrected chi connectivity index (χ0v) is 17.1. The maximum absolute atomic E-state index is 12.7. The molecule has 0 fully saturated rings. The number of ether oxygens (including phenoxy) is 1. The highest BCUT2D eigenvalue weighted by Gasteiger charge is 2.16. The zero-order chi connectivity index (χ0) is 21.4. The minimum absolute atomic E-state index is 0.0814. The summed E-state index contributed by atoms with van der Waals surface area (Å²) in [6.07, 6.45) is 1.74. The van der Waals surface area contributed by atoms with E-state index in [0.717, 1.165) is 20.9 Å². The summed E-state index contributed by atoms with van der Waals surface area (Å²) < 4.78 is 10.5. The Morgan fingerprint density at radius 1 is 1.10 bits per heavy atom. The number of rotatable bonds is 4. The van der Waals surface area contributed by atoms with E-state index in [-0.39, 0.29) is 5.56 Å². The zero-order valence-electron chi connectivity index (χ0n) is 16.3. The Hall–Kier alpha value is -4.04. The number of amides is 1. The van der Waals surface area contributed by atoms with Gasteiger partial charge in [-0.05, 0) is 48.5 Å². The Bertz CT molecular complexity index is 1460. The van der Waals surface area contributed by atoms with Crippen LogP contribution in [0.4, 0.5) is 5.69 Å². The van der Waals surface area contributed by atoms with E-state index in [2.05, 4.69) is 15.3 Å². The fraction of sp³-hybridized carbons (Fsp3) is 0.0435. The third kappa shape index (κ3) is 3.53. The maximum atomic E-state index is 12.7. The van der Waals surface area contributed by atoms with E-state index < -0.39 is 11.5 Å². The third-order valence-corrected chi connectivity index (χ3v) is 5.77. The number of thiazole rings is 1. The van der Waals surface area contributed by atoms with Gasteiger partial charge in [0.1, 0.15) is 20.9 Å². The molecular weight excluding hydrogens is 414 g/mol. The molecule has 0 aliphatic carbocycles. The SMILES string of the molecule is COc1cccc2cc(C(=O)Nc3ccc(-c4nc5cccnc5s4)cc3)c(=O)oc12. The fourth-order valence-corrected chi connectivity index (χ4v) is 4.14. The van der Waals surface area contributed by atoms with Gasteiger partial charge in [-0.15, -0.1) is 0 Å². The van der Waals surface area contributed by atoms with Gasteiger partial charge >= 0.3 is 5.63 Å². The lowest BCUT2D eigenvalue weighted by molar-refractivity contribution is 0.102. The van der Waals surface area contributed by atoms with Gasteiger partial charge in [-0.3, -0.25) is 4.79 Å². The number of carbonyl (C=O) groups excluding carboxylic acids is 1. The average Bonchev–Trinajstić information content (AvgIpc) is 3.23. The first-order chi connectivity index (χ1) is 15.1. The number of benzene rings is 2. The van der Waals surface area contributed by atoms with E-state index in [0.29, 0.717) is 22.4 Å². The number of fused-ring (bicyclic) bond motifs is 2. The van der Waals surface area contributed by atoms with Crippen LogP contribution in [0.2, 0.25) is 0 Å². The highest BCUT2D eigenvalue weighted by Crippen LogP contribution is 2.29. The van der Waals surface area contributed by atoms with Crippen LogP contribution in [0.1, 0.15) is 10.4 Å². The van der Waals surface area contributed by atoms with Crippen LogP contribution in [0.25, 0.3) is 31.9 Å². The first kappa shape index (κ1) is 19.0. The molecule has 0 spiro atoms. The molecule has 5 rings (SSSR count). The molecule has 5 aromatic rings. The van der Waals surface area contributed by atoms with Crippen LogP contribution in [0, 0.1) is 0 Å². The van der Waals surface area contributed by atoms with Crippen LogP contribution in [-0.2, 0) is 0 Å². The number of nitrogens with one attached hydrogen (secondary N) is 1. The van der Waals surface area contributed by atoms with Crippen LogP contribution in [0.5, 0.6) is 5.75 Å². The van der Waals surface area contributed by atoms with Crippen molar-refractivity contribution in [3.05, 3.63) is 82.8 Å². The molecule has 31 heavy (non-hydrogen) atoms. The molecule has 0 saturated carbocycles. The lowest BCUT2D eigenvalue weighted by atomic mass is 10.1. The van der Waals surface area contributed by atoms with Gasteiger partial charge in [0.25, 0.3) is 5.91 Å². The second kappa shape index (κ2) is 7.66. The van der Waals surface area contributed by atoms with Gasteiger partial charge in [0.15, 0.2) is 11.3 Å². The summed E-state index contributed by atoms with van der Waals surface area (Å²) in [5.41, 5.74) is 1.81. The van der Waals surface area contributed by atoms with Crippen molar-refractivity contribution in [2.24, 2.45) is 0 Å². The van der Waals surface area contributed by atoms with E-state index in [4.69, 9.17) is 9.15 Å². The lowest BCUT2D eigenvalue weighted by Crippen LogP contribution is -2.20. The maximum Gasteiger partial charge on any atom is 0.349 e. The normalized spacial score (nSPS) is 11.0. The molecule has 0 bridgehead atoms. The van der Waals surface area contributed by atoms with Crippen LogP contribution >= 0.6 is 11.3 Å². The molecule has 1 amide bonds. The van der Waals surface area contributed by atoms with Crippen LogP contribution in [0.3, 0.4) is 0 Å². The molecule has 0 aliphatic rings. The fourth-order valence-electron chi connectivity index (χ4n) is 3.22. The van der Waals surface area contributed by atoms with Crippen molar-refractivity contribution < 1.29 is 13.9 Å². The van der Waals surface area contributed by atoms with Gasteiger partial charge in [-0.1, -0.05) is 23.5 Å². The molecule has 7 nitrogen and oxygen atoms in total. The number of nitrogens with zero attached hydrogens (tertiary/aromatic N) is 2. The molecule has 0 saturated heterocycles. The summed E-state index contributed by atoms with van der Waals surface area (Å²) in [7, 11) is 1.49. The minimum Gasteiger partial charge on any atom is -0.493 e. The highest BCUT2D eigenvalue weighted by atomic mass is 32.1. The Kier molecular flexibility index (Phi) is 4.68. The molecule has 8 heteroatoms. The number of pyridine rings is 1. The van der Waals surface area contributed by atoms with Crippen molar-refractivity contribution in [2.45, 2.75) is 0 Å². The van der Waals surface area contributed by atoms with E-state index >= 15 is 0 Å². The van der Waals surface area contributed by atoms with Gasteiger partial charge in [0.2, 0.25) is 0 Å². The van der Waals surface area contributed by atoms with E-state index in [1.165, 1.54) is 24.5 Å². The smallest absolute Gasteiger partial charge is 0.349 e. The summed E-state index contributed by atoms with van der Waals surface area (Å²) in [5, 5.41) is 4.18. The van der Waals surface area contributed by atoms with Crippen LogP contribution < -0.4 is 15.7 Å². The number of carbonyl (C=O) groups is 1. The molecule has 0 aliphatic heterocycles. The molecule has 0 unspecified atom stereocenters. The van der Waals surface area contributed by atoms with Crippen molar-refractivity contribution in [2.75, 3.05) is 12.4 Å². The largest absolute Gasteiger partial charge is 0.493 e. The molecule has 3 heterocycles. The number of anilines is 1. The van der Waals surface area contributed by atoms with E-state index in [1.807, 2.05) is 24.3 Å². The van der Waals surface area contributed by atoms with Crippen molar-refractivity contribution >= 4 is 44.2 Å². The molecule has 0 atom stereocenters. The third-order valence-electron chi connectivity index (χ3n) is 4.74. The van der Waals surface area contributed by atoms with Crippen molar-refractivity contribution in [3.8, 4) is 16.3 Å². The van der Waals surface area contributed by atoms with Crippen molar-refractivity contribution in [3.63, 3.8) is 0 Å². The van der Waals surface area contributed by atoms with Crippen LogP contribution in [-0.4, -0.2) is 23.0 Å². The summed E-state index contributed by atoms with van der Waals surface area (Å²) in [6, 6.07) is 17.7. The standard InChI is InChI=1S/C23H15N3O4S/c1-29-18-6-2-4-14-12-16(23(28)30-19(14)18)20(27)25-15-9-7-13(8-10-15)21-26-17-5-3-11-24-22(17)31-21/h2-12H,1H3,(H,25,27). The Balaban J connectivity index is 1.40. The van der Waals surface area contributed by atoms with Gasteiger partial charge in [-0.2, -0.15) is 0 Å². The molecule has 152 valence electrons. The molecule has 0 radical (unpaired) electrons. The summed E-state index contributed by atoms with van der Waals surface area (Å²) in [6.45, 7) is 0. The molecule has 2 aromatic carbocycles. The topological polar surface area (TPSA) is 94.3 Å². The number of aromatic nitrogens is 2. The van der Waals surface area contributed by atoms with Crippen LogP contribution in [0.15, 0.2) is 76.1 Å². The second-order valence-corrected chi connectivity index (χ2v) is 7.68. The second-order valence-electron chi connectivity index (χ2n) is 6.70. The Labute approximate surface area is 180 Å². The quantitative estimate of drug-likeness (QED) is 0.415. The predicted octanol–water partition coefficient (Wildman–Crippen LogP) is 4.73. The van der Waals surface area contributed by atoms with Crippen molar-refractivity contribution in [1.29, 1.82) is 0 Å². The Morgan fingerprint density at radius 3 is 2.71 bits per heavy atom. The number of hydrogen-bond acceptors (Lipinski definition) is 7. The summed E-state index contributed by atoms with van der Waals surface area (Å²) in [5.74, 6) is -0.113. The lowest BCUT2D eigenvalue weighted by Gasteiger charge is -2.07. The monoisotopic (exact) mass is 429 g/mol. The minimum atomic E-state index is -0.729. The van der Waals surface area contributed by atoms with Gasteiger partial charge in [0, 0.05) is 22.8 Å². The summed E-state index contributed by atoms with van der Waals surface area (Å²) in [4.78, 5) is 34.8. The number of para-hydroxylation sites is 1. The average molecular weight is 429 g/mol. The first-order valence-corrected chi connectivity index (χ1v) is 10.2. The highest BCUT2D eigenvalue weighted by molar-refractivity contribution is 7.21. The van der Waals surface area contributed by atoms with E-state index in [1.54, 1.807) is 36.5 Å². The molecular formula is C23H15N3O4S. The number of hydrogen-bond donors (Lipinski definition) is 1. The number of methoxy groups -OCH3 is 1. The predicted molar refractivity (Wildman–Crippen MR) is 120 cm³/mol. The summed E-state index contributed by atoms with van der Waals surface area (Å²) >= 11 is 1.50. The Morgan fingerprint density at radius 2 is 1.94 bits per heavy atom. The van der Waals surface area contributed by atoms with Gasteiger partial charge < -0.3 is 14.5 Å². The first-order valence-electron chi connectivity index (χ1n) is 9.36. The van der Waals surface area contributed by atoms with Gasteiger partial charge in [-0.25, -0.2) is 14.8 Å². The van der Waals surface area contributed by atoms with Crippen molar-refractivity contribution in [1.82, 2.24) is 9.97 Å².